The van der Waals surface area contributed by atoms with Crippen molar-refractivity contribution in [3.05, 3.63) is 90.7 Å². The average Bonchev–Trinajstić information content (AvgIpc) is 2.93. The zero-order chi connectivity index (χ0) is 25.8. The molecule has 1 aliphatic heterocycles. The molecule has 37 heavy (non-hydrogen) atoms. The zero-order valence-electron chi connectivity index (χ0n) is 21.1. The van der Waals surface area contributed by atoms with E-state index in [9.17, 15) is 9.59 Å². The van der Waals surface area contributed by atoms with Gasteiger partial charge in [-0.15, -0.1) is 0 Å². The van der Waals surface area contributed by atoms with Crippen LogP contribution in [0.3, 0.4) is 0 Å². The number of carbonyl (C=O) groups is 2. The summed E-state index contributed by atoms with van der Waals surface area (Å²) >= 11 is 0. The van der Waals surface area contributed by atoms with Crippen molar-refractivity contribution in [3.8, 4) is 16.9 Å². The van der Waals surface area contributed by atoms with Gasteiger partial charge < -0.3 is 14.8 Å². The van der Waals surface area contributed by atoms with Crippen LogP contribution in [0.1, 0.15) is 43.6 Å². The van der Waals surface area contributed by atoms with Gasteiger partial charge >= 0.3 is 12.0 Å². The second kappa shape index (κ2) is 10.9. The fourth-order valence-corrected chi connectivity index (χ4v) is 5.31. The van der Waals surface area contributed by atoms with Crippen molar-refractivity contribution in [2.45, 2.75) is 38.0 Å². The molecule has 0 atom stereocenters. The molecule has 1 N–H and O–H groups in total. The van der Waals surface area contributed by atoms with Crippen LogP contribution in [0, 0.1) is 5.92 Å². The van der Waals surface area contributed by atoms with Crippen LogP contribution in [0.15, 0.2) is 85.1 Å². The number of fused-ring (bicyclic) bond motifs is 1. The Morgan fingerprint density at radius 1 is 0.973 bits per heavy atom. The summed E-state index contributed by atoms with van der Waals surface area (Å²) in [7, 11) is 1.46. The molecule has 1 heterocycles. The SMILES string of the molecule is C=C1CN(C(=O)Nc2ccccc2)c2ccc(-c3ccc(C4CCC(CC(=O)OC)CC4)cc3)cc2O1. The topological polar surface area (TPSA) is 67.9 Å². The summed E-state index contributed by atoms with van der Waals surface area (Å²) in [5, 5.41) is 2.94. The number of hydrogen-bond acceptors (Lipinski definition) is 4. The number of carbonyl (C=O) groups excluding carboxylic acids is 2. The van der Waals surface area contributed by atoms with E-state index >= 15 is 0 Å². The third-order valence-electron chi connectivity index (χ3n) is 7.35. The Morgan fingerprint density at radius 2 is 1.68 bits per heavy atom. The molecule has 3 aromatic carbocycles. The lowest BCUT2D eigenvalue weighted by molar-refractivity contribution is -0.142. The van der Waals surface area contributed by atoms with Crippen molar-refractivity contribution in [1.29, 1.82) is 0 Å². The fourth-order valence-electron chi connectivity index (χ4n) is 5.31. The van der Waals surface area contributed by atoms with E-state index in [1.165, 1.54) is 12.7 Å². The monoisotopic (exact) mass is 496 g/mol. The number of amides is 2. The van der Waals surface area contributed by atoms with Crippen LogP contribution in [0.2, 0.25) is 0 Å². The summed E-state index contributed by atoms with van der Waals surface area (Å²) in [4.78, 5) is 26.2. The Morgan fingerprint density at radius 3 is 2.38 bits per heavy atom. The number of hydrogen-bond donors (Lipinski definition) is 1. The molecule has 0 radical (unpaired) electrons. The molecular formula is C31H32N2O4. The fraction of sp³-hybridized carbons (Fsp3) is 0.290. The first-order valence-electron chi connectivity index (χ1n) is 12.8. The molecule has 0 bridgehead atoms. The lowest BCUT2D eigenvalue weighted by atomic mass is 9.77. The van der Waals surface area contributed by atoms with Crippen LogP contribution in [0.4, 0.5) is 16.2 Å². The predicted molar refractivity (Wildman–Crippen MR) is 146 cm³/mol. The van der Waals surface area contributed by atoms with Gasteiger partial charge in [0.15, 0.2) is 5.75 Å². The molecule has 1 saturated carbocycles. The van der Waals surface area contributed by atoms with Gasteiger partial charge in [0.05, 0.1) is 19.3 Å². The van der Waals surface area contributed by atoms with E-state index < -0.39 is 0 Å². The molecule has 3 aromatic rings. The largest absolute Gasteiger partial charge is 0.469 e. The second-order valence-corrected chi connectivity index (χ2v) is 9.83. The van der Waals surface area contributed by atoms with E-state index in [1.807, 2.05) is 48.5 Å². The van der Waals surface area contributed by atoms with Crippen molar-refractivity contribution >= 4 is 23.4 Å². The molecule has 0 saturated heterocycles. The third kappa shape index (κ3) is 5.69. The van der Waals surface area contributed by atoms with Crippen LogP contribution in [0.5, 0.6) is 5.75 Å². The number of ether oxygens (including phenoxy) is 2. The molecule has 0 aromatic heterocycles. The summed E-state index contributed by atoms with van der Waals surface area (Å²) in [5.74, 6) is 1.98. The predicted octanol–water partition coefficient (Wildman–Crippen LogP) is 7.14. The van der Waals surface area contributed by atoms with Crippen molar-refractivity contribution < 1.29 is 19.1 Å². The Hall–Kier alpha value is -4.06. The number of urea groups is 1. The van der Waals surface area contributed by atoms with Gasteiger partial charge in [-0.25, -0.2) is 4.79 Å². The molecule has 6 nitrogen and oxygen atoms in total. The zero-order valence-corrected chi connectivity index (χ0v) is 21.1. The van der Waals surface area contributed by atoms with E-state index in [0.29, 0.717) is 42.0 Å². The van der Waals surface area contributed by atoms with Crippen LogP contribution in [-0.2, 0) is 9.53 Å². The van der Waals surface area contributed by atoms with Gasteiger partial charge in [0.2, 0.25) is 0 Å². The number of anilines is 2. The molecular weight excluding hydrogens is 464 g/mol. The Balaban J connectivity index is 1.28. The minimum Gasteiger partial charge on any atom is -0.469 e. The molecule has 1 aliphatic carbocycles. The number of benzene rings is 3. The minimum atomic E-state index is -0.227. The molecule has 2 amide bonds. The van der Waals surface area contributed by atoms with Gasteiger partial charge in [-0.3, -0.25) is 9.69 Å². The standard InChI is InChI=1S/C31H32N2O4/c1-21-20-33(31(35)32-27-6-4-3-5-7-27)28-17-16-26(19-29(28)37-21)25-14-12-24(13-15-25)23-10-8-22(9-11-23)18-30(34)36-2/h3-7,12-17,19,22-23H,1,8-11,18,20H2,2H3,(H,32,35). The maximum absolute atomic E-state index is 13.0. The summed E-state index contributed by atoms with van der Waals surface area (Å²) < 4.78 is 10.8. The van der Waals surface area contributed by atoms with Crippen molar-refractivity contribution in [2.75, 3.05) is 23.9 Å². The van der Waals surface area contributed by atoms with Gasteiger partial charge in [0, 0.05) is 12.1 Å². The highest BCUT2D eigenvalue weighted by molar-refractivity contribution is 6.03. The highest BCUT2D eigenvalue weighted by Crippen LogP contribution is 2.40. The first-order chi connectivity index (χ1) is 18.0. The minimum absolute atomic E-state index is 0.106. The van der Waals surface area contributed by atoms with Gasteiger partial charge in [-0.2, -0.15) is 0 Å². The second-order valence-electron chi connectivity index (χ2n) is 9.83. The van der Waals surface area contributed by atoms with Gasteiger partial charge in [0.25, 0.3) is 0 Å². The molecule has 6 heteroatoms. The molecule has 1 fully saturated rings. The molecule has 0 unspecified atom stereocenters. The Bertz CT molecular complexity index is 1280. The summed E-state index contributed by atoms with van der Waals surface area (Å²) in [6.07, 6.45) is 4.83. The third-order valence-corrected chi connectivity index (χ3v) is 7.35. The van der Waals surface area contributed by atoms with Gasteiger partial charge in [-0.05, 0) is 78.5 Å². The summed E-state index contributed by atoms with van der Waals surface area (Å²) in [5.41, 5.74) is 4.90. The van der Waals surface area contributed by atoms with E-state index in [-0.39, 0.29) is 12.0 Å². The summed E-state index contributed by atoms with van der Waals surface area (Å²) in [6.45, 7) is 4.27. The normalized spacial score (nSPS) is 18.9. The molecule has 0 spiro atoms. The maximum atomic E-state index is 13.0. The number of methoxy groups -OCH3 is 1. The van der Waals surface area contributed by atoms with Gasteiger partial charge in [0.1, 0.15) is 5.76 Å². The van der Waals surface area contributed by atoms with Crippen molar-refractivity contribution in [1.82, 2.24) is 0 Å². The number of nitrogens with one attached hydrogen (secondary N) is 1. The van der Waals surface area contributed by atoms with Crippen LogP contribution in [0.25, 0.3) is 11.1 Å². The number of rotatable bonds is 5. The highest BCUT2D eigenvalue weighted by atomic mass is 16.5. The quantitative estimate of drug-likeness (QED) is 0.381. The first kappa shape index (κ1) is 24.6. The molecule has 190 valence electrons. The smallest absolute Gasteiger partial charge is 0.326 e. The van der Waals surface area contributed by atoms with Crippen molar-refractivity contribution in [3.63, 3.8) is 0 Å². The lowest BCUT2D eigenvalue weighted by Gasteiger charge is -2.31. The molecule has 5 rings (SSSR count). The number of para-hydroxylation sites is 1. The van der Waals surface area contributed by atoms with Crippen LogP contribution >= 0.6 is 0 Å². The molecule has 2 aliphatic rings. The average molecular weight is 497 g/mol. The van der Waals surface area contributed by atoms with Crippen LogP contribution < -0.4 is 15.0 Å². The van der Waals surface area contributed by atoms with Crippen molar-refractivity contribution in [2.24, 2.45) is 5.92 Å². The Labute approximate surface area is 217 Å². The first-order valence-corrected chi connectivity index (χ1v) is 12.8. The summed E-state index contributed by atoms with van der Waals surface area (Å²) in [6, 6.07) is 23.8. The van der Waals surface area contributed by atoms with Gasteiger partial charge in [-0.1, -0.05) is 55.1 Å². The van der Waals surface area contributed by atoms with E-state index in [4.69, 9.17) is 9.47 Å². The maximum Gasteiger partial charge on any atom is 0.326 e. The lowest BCUT2D eigenvalue weighted by Crippen LogP contribution is -2.39. The van der Waals surface area contributed by atoms with E-state index in [1.54, 1.807) is 4.90 Å². The number of nitrogens with zero attached hydrogens (tertiary/aromatic N) is 1. The number of esters is 1. The van der Waals surface area contributed by atoms with E-state index in [0.717, 1.165) is 42.5 Å². The highest BCUT2D eigenvalue weighted by Gasteiger charge is 2.27. The van der Waals surface area contributed by atoms with Crippen LogP contribution in [-0.4, -0.2) is 25.7 Å². The Kier molecular flexibility index (Phi) is 7.26. The van der Waals surface area contributed by atoms with E-state index in [2.05, 4.69) is 36.2 Å².